The minimum atomic E-state index is 0.171. The summed E-state index contributed by atoms with van der Waals surface area (Å²) in [5.41, 5.74) is 0.171. The molecule has 0 saturated heterocycles. The monoisotopic (exact) mass is 221 g/mol. The normalized spacial score (nSPS) is 11.4. The van der Waals surface area contributed by atoms with Crippen molar-refractivity contribution in [3.63, 3.8) is 0 Å². The van der Waals surface area contributed by atoms with Crippen molar-refractivity contribution in [2.45, 2.75) is 32.7 Å². The van der Waals surface area contributed by atoms with Crippen molar-refractivity contribution >= 4 is 21.6 Å². The second kappa shape index (κ2) is 4.19. The lowest BCUT2D eigenvalue weighted by atomic mass is 10.2. The van der Waals surface area contributed by atoms with E-state index in [1.807, 2.05) is 28.2 Å². The summed E-state index contributed by atoms with van der Waals surface area (Å²) in [4.78, 5) is 12.1. The van der Waals surface area contributed by atoms with E-state index in [0.717, 1.165) is 22.9 Å². The molecule has 0 amide bonds. The molecule has 1 aromatic carbocycles. The van der Waals surface area contributed by atoms with Gasteiger partial charge in [-0.3, -0.25) is 8.75 Å². The molecule has 15 heavy (non-hydrogen) atoms. The lowest BCUT2D eigenvalue weighted by molar-refractivity contribution is 0.495. The van der Waals surface area contributed by atoms with Crippen molar-refractivity contribution in [1.82, 2.24) is 3.96 Å². The molecule has 0 unspecified atom stereocenters. The Hall–Kier alpha value is -1.09. The highest BCUT2D eigenvalue weighted by Crippen LogP contribution is 2.22. The summed E-state index contributed by atoms with van der Waals surface area (Å²) >= 11 is 1.59. The molecule has 0 fully saturated rings. The summed E-state index contributed by atoms with van der Waals surface area (Å²) in [6, 6.07) is 8.19. The van der Waals surface area contributed by atoms with Crippen molar-refractivity contribution in [3.8, 4) is 0 Å². The number of hydrogen-bond acceptors (Lipinski definition) is 2. The predicted octanol–water partition coefficient (Wildman–Crippen LogP) is 3.42. The molecule has 0 aliphatic carbocycles. The van der Waals surface area contributed by atoms with Crippen LogP contribution in [0.2, 0.25) is 0 Å². The first kappa shape index (κ1) is 10.4. The lowest BCUT2D eigenvalue weighted by Crippen LogP contribution is -2.17. The summed E-state index contributed by atoms with van der Waals surface area (Å²) in [5.74, 6) is 0. The van der Waals surface area contributed by atoms with Crippen molar-refractivity contribution < 1.29 is 0 Å². The Kier molecular flexibility index (Phi) is 2.91. The fourth-order valence-corrected chi connectivity index (χ4v) is 3.08. The number of hydrogen-bond donors (Lipinski definition) is 0. The average Bonchev–Trinajstić information content (AvgIpc) is 2.60. The number of rotatable bonds is 3. The Morgan fingerprint density at radius 3 is 2.53 bits per heavy atom. The highest BCUT2D eigenvalue weighted by atomic mass is 32.1. The molecule has 2 rings (SSSR count). The molecule has 0 saturated carbocycles. The molecule has 80 valence electrons. The van der Waals surface area contributed by atoms with Gasteiger partial charge in [0.15, 0.2) is 0 Å². The molecule has 0 aliphatic heterocycles. The van der Waals surface area contributed by atoms with Crippen LogP contribution in [-0.4, -0.2) is 3.96 Å². The minimum absolute atomic E-state index is 0.171. The molecule has 0 atom stereocenters. The zero-order valence-corrected chi connectivity index (χ0v) is 9.88. The van der Waals surface area contributed by atoms with E-state index < -0.39 is 0 Å². The Labute approximate surface area is 93.3 Å². The lowest BCUT2D eigenvalue weighted by Gasteiger charge is -2.11. The summed E-state index contributed by atoms with van der Waals surface area (Å²) in [7, 11) is 0. The minimum Gasteiger partial charge on any atom is -0.268 e. The largest absolute Gasteiger partial charge is 0.268 e. The first-order chi connectivity index (χ1) is 7.27. The van der Waals surface area contributed by atoms with Crippen LogP contribution in [0.15, 0.2) is 29.1 Å². The van der Waals surface area contributed by atoms with Gasteiger partial charge in [0.25, 0.3) is 5.56 Å². The molecule has 0 N–H and O–H groups in total. The van der Waals surface area contributed by atoms with Gasteiger partial charge in [0.1, 0.15) is 0 Å². The van der Waals surface area contributed by atoms with Gasteiger partial charge in [-0.1, -0.05) is 37.5 Å². The number of fused-ring (bicyclic) bond motifs is 1. The van der Waals surface area contributed by atoms with E-state index in [1.165, 1.54) is 0 Å². The van der Waals surface area contributed by atoms with Crippen molar-refractivity contribution in [1.29, 1.82) is 0 Å². The molecule has 0 spiro atoms. The molecule has 0 radical (unpaired) electrons. The number of nitrogens with zero attached hydrogens (tertiary/aromatic N) is 1. The van der Waals surface area contributed by atoms with Crippen LogP contribution in [-0.2, 0) is 0 Å². The van der Waals surface area contributed by atoms with E-state index in [-0.39, 0.29) is 5.56 Å². The smallest absolute Gasteiger partial charge is 0.268 e. The molecule has 1 heterocycles. The van der Waals surface area contributed by atoms with Crippen LogP contribution in [0.5, 0.6) is 0 Å². The highest BCUT2D eigenvalue weighted by Gasteiger charge is 2.12. The Morgan fingerprint density at radius 1 is 1.27 bits per heavy atom. The van der Waals surface area contributed by atoms with Crippen molar-refractivity contribution in [3.05, 3.63) is 34.6 Å². The van der Waals surface area contributed by atoms with Crippen LogP contribution < -0.4 is 5.56 Å². The zero-order chi connectivity index (χ0) is 10.8. The first-order valence-electron chi connectivity index (χ1n) is 5.38. The van der Waals surface area contributed by atoms with E-state index in [4.69, 9.17) is 0 Å². The second-order valence-corrected chi connectivity index (χ2v) is 4.70. The van der Waals surface area contributed by atoms with Crippen LogP contribution in [0.3, 0.4) is 0 Å². The van der Waals surface area contributed by atoms with Gasteiger partial charge in [-0.05, 0) is 25.0 Å². The number of aromatic nitrogens is 1. The first-order valence-corrected chi connectivity index (χ1v) is 6.15. The predicted molar refractivity (Wildman–Crippen MR) is 65.7 cm³/mol. The van der Waals surface area contributed by atoms with Crippen LogP contribution in [0, 0.1) is 0 Å². The van der Waals surface area contributed by atoms with Crippen molar-refractivity contribution in [2.24, 2.45) is 0 Å². The third-order valence-corrected chi connectivity index (χ3v) is 4.00. The van der Waals surface area contributed by atoms with E-state index in [0.29, 0.717) is 6.04 Å². The van der Waals surface area contributed by atoms with Crippen LogP contribution in [0.4, 0.5) is 0 Å². The highest BCUT2D eigenvalue weighted by molar-refractivity contribution is 7.13. The molecular formula is C12H15NOS. The fraction of sp³-hybridized carbons (Fsp3) is 0.417. The molecule has 1 aromatic heterocycles. The maximum absolute atomic E-state index is 12.1. The molecular weight excluding hydrogens is 206 g/mol. The molecule has 0 bridgehead atoms. The maximum Gasteiger partial charge on any atom is 0.268 e. The summed E-state index contributed by atoms with van der Waals surface area (Å²) < 4.78 is 3.01. The zero-order valence-electron chi connectivity index (χ0n) is 9.06. The summed E-state index contributed by atoms with van der Waals surface area (Å²) in [6.45, 7) is 4.26. The van der Waals surface area contributed by atoms with Crippen molar-refractivity contribution in [2.75, 3.05) is 0 Å². The van der Waals surface area contributed by atoms with Gasteiger partial charge in [-0.25, -0.2) is 0 Å². The van der Waals surface area contributed by atoms with Gasteiger partial charge in [0, 0.05) is 6.04 Å². The fourth-order valence-electron chi connectivity index (χ4n) is 1.85. The molecule has 2 nitrogen and oxygen atoms in total. The second-order valence-electron chi connectivity index (χ2n) is 3.69. The van der Waals surface area contributed by atoms with Crippen LogP contribution in [0.25, 0.3) is 10.1 Å². The third kappa shape index (κ3) is 1.72. The van der Waals surface area contributed by atoms with E-state index in [2.05, 4.69) is 13.8 Å². The average molecular weight is 221 g/mol. The SMILES string of the molecule is CCC(CC)n1sc2ccccc2c1=O. The quantitative estimate of drug-likeness (QED) is 0.778. The van der Waals surface area contributed by atoms with Gasteiger partial charge < -0.3 is 0 Å². The standard InChI is InChI=1S/C12H15NOS/c1-3-9(4-2)13-12(14)10-7-5-6-8-11(10)15-13/h5-9H,3-4H2,1-2H3. The van der Waals surface area contributed by atoms with E-state index in [9.17, 15) is 4.79 Å². The van der Waals surface area contributed by atoms with Gasteiger partial charge in [-0.15, -0.1) is 0 Å². The van der Waals surface area contributed by atoms with E-state index >= 15 is 0 Å². The summed E-state index contributed by atoms with van der Waals surface area (Å²) in [6.07, 6.45) is 2.03. The Bertz CT molecular complexity index is 508. The third-order valence-electron chi connectivity index (χ3n) is 2.79. The molecule has 2 aromatic rings. The topological polar surface area (TPSA) is 22.0 Å². The van der Waals surface area contributed by atoms with Gasteiger partial charge in [0.2, 0.25) is 0 Å². The molecule has 3 heteroatoms. The van der Waals surface area contributed by atoms with Gasteiger partial charge in [0.05, 0.1) is 10.1 Å². The molecule has 0 aliphatic rings. The van der Waals surface area contributed by atoms with Crippen LogP contribution >= 0.6 is 11.5 Å². The van der Waals surface area contributed by atoms with Gasteiger partial charge in [-0.2, -0.15) is 0 Å². The Morgan fingerprint density at radius 2 is 1.93 bits per heavy atom. The van der Waals surface area contributed by atoms with E-state index in [1.54, 1.807) is 11.5 Å². The van der Waals surface area contributed by atoms with Crippen LogP contribution in [0.1, 0.15) is 32.7 Å². The maximum atomic E-state index is 12.1. The summed E-state index contributed by atoms with van der Waals surface area (Å²) in [5, 5.41) is 0.856. The number of benzene rings is 1. The Balaban J connectivity index is 2.62. The van der Waals surface area contributed by atoms with Gasteiger partial charge >= 0.3 is 0 Å².